The number of hydrogen-bond donors (Lipinski definition) is 0. The zero-order valence-corrected chi connectivity index (χ0v) is 85.0. The first-order valence-corrected chi connectivity index (χ1v) is 51.8. The molecule has 0 aromatic heterocycles. The van der Waals surface area contributed by atoms with Crippen LogP contribution in [0.2, 0.25) is 0 Å². The Balaban J connectivity index is 0.000000126. The Morgan fingerprint density at radius 2 is 0.373 bits per heavy atom. The van der Waals surface area contributed by atoms with Gasteiger partial charge in [-0.2, -0.15) is 0 Å². The van der Waals surface area contributed by atoms with Crippen LogP contribution in [0.25, 0.3) is 115 Å². The minimum absolute atomic E-state index is 0.553. The number of nitrogens with zero attached hydrogens (tertiary/aromatic N) is 4. The standard InChI is InChI=1S/2C38H29N.2C35H31N/c1-5-13-30(14-6-1)21-22-31-23-26-36(27-24-31)39(35-19-11-4-12-20-35)38-28-25-34(32-15-7-2-8-16-32)29-37(38)33-17-9-3-10-18-33;1-5-13-30(14-6-1)21-22-31-23-25-35(26-24-31)39(34-19-11-4-12-20-34)36-27-28-37(32-15-7-2-8-16-32)38(29-36)33-17-9-3-10-18-33;1-27(2)30-19-15-28(16-20-30)13-14-29-17-23-34(24-18-29)36(33-11-7-4-8-12-33)35-25-21-32(22-26-35)31-9-5-3-6-10-31;1-2-9-28-14-16-29(17-15-28)18-19-30-20-24-34(25-21-30)36(33-12-7-4-8-13-33)35-26-22-32(23-27-35)31-10-5-3-6-11-31/h2*1-29H;3-27H,1-2H3;3-8,10-27H,2,9H2,1H3/b2*22-21+;14-13+;19-18+. The van der Waals surface area contributed by atoms with Crippen LogP contribution >= 0.6 is 0 Å². The summed E-state index contributed by atoms with van der Waals surface area (Å²) in [5.41, 5.74) is 40.4. The summed E-state index contributed by atoms with van der Waals surface area (Å²) < 4.78 is 0. The highest BCUT2D eigenvalue weighted by molar-refractivity contribution is 5.94. The van der Waals surface area contributed by atoms with Crippen LogP contribution in [0.15, 0.2) is 595 Å². The van der Waals surface area contributed by atoms with Crippen LogP contribution in [0.5, 0.6) is 0 Å². The second kappa shape index (κ2) is 51.0. The molecule has 0 N–H and O–H groups in total. The summed E-state index contributed by atoms with van der Waals surface area (Å²) in [6.45, 7) is 6.67. The van der Waals surface area contributed by atoms with Crippen molar-refractivity contribution in [3.8, 4) is 66.8 Å². The third-order valence-corrected chi connectivity index (χ3v) is 26.6. The van der Waals surface area contributed by atoms with Crippen molar-refractivity contribution >= 4 is 117 Å². The molecule has 0 aliphatic carbocycles. The highest BCUT2D eigenvalue weighted by Gasteiger charge is 2.22. The number of aryl methyl sites for hydroxylation is 1. The van der Waals surface area contributed by atoms with Gasteiger partial charge in [0.2, 0.25) is 0 Å². The molecule has 0 heterocycles. The fourth-order valence-electron chi connectivity index (χ4n) is 18.6. The van der Waals surface area contributed by atoms with Crippen molar-refractivity contribution < 1.29 is 0 Å². The summed E-state index contributed by atoms with van der Waals surface area (Å²) in [4.78, 5) is 9.27. The molecule has 150 heavy (non-hydrogen) atoms. The van der Waals surface area contributed by atoms with Gasteiger partial charge in [-0.25, -0.2) is 0 Å². The fourth-order valence-corrected chi connectivity index (χ4v) is 18.6. The van der Waals surface area contributed by atoms with E-state index >= 15 is 0 Å². The highest BCUT2D eigenvalue weighted by atomic mass is 15.2. The van der Waals surface area contributed by atoms with E-state index in [4.69, 9.17) is 0 Å². The average Bonchev–Trinajstić information content (AvgIpc) is 0.776. The van der Waals surface area contributed by atoms with E-state index in [1.165, 1.54) is 129 Å². The molecule has 724 valence electrons. The van der Waals surface area contributed by atoms with E-state index in [0.29, 0.717) is 5.92 Å². The molecule has 22 rings (SSSR count). The van der Waals surface area contributed by atoms with Crippen LogP contribution in [-0.2, 0) is 6.42 Å². The molecule has 22 aromatic carbocycles. The lowest BCUT2D eigenvalue weighted by Crippen LogP contribution is -2.11. The molecule has 0 atom stereocenters. The van der Waals surface area contributed by atoms with Crippen molar-refractivity contribution in [3.05, 3.63) is 650 Å². The zero-order chi connectivity index (χ0) is 102. The molecule has 4 nitrogen and oxygen atoms in total. The number of benzene rings is 22. The van der Waals surface area contributed by atoms with E-state index in [0.717, 1.165) is 74.7 Å². The molecule has 0 saturated heterocycles. The lowest BCUT2D eigenvalue weighted by molar-refractivity contribution is 0.866. The third kappa shape index (κ3) is 26.6. The maximum absolute atomic E-state index is 2.35. The van der Waals surface area contributed by atoms with Crippen LogP contribution in [-0.4, -0.2) is 0 Å². The van der Waals surface area contributed by atoms with Gasteiger partial charge in [0.1, 0.15) is 0 Å². The van der Waals surface area contributed by atoms with E-state index < -0.39 is 0 Å². The van der Waals surface area contributed by atoms with Crippen molar-refractivity contribution in [2.24, 2.45) is 0 Å². The Kier molecular flexibility index (Phi) is 33.9. The molecule has 0 aliphatic rings. The fraction of sp³-hybridized carbons (Fsp3) is 0.0411. The quantitative estimate of drug-likeness (QED) is 0.0433. The second-order valence-electron chi connectivity index (χ2n) is 37.3. The molecule has 0 spiro atoms. The first kappa shape index (κ1) is 99.7. The molecule has 0 amide bonds. The molecule has 0 unspecified atom stereocenters. The Bertz CT molecular complexity index is 8030. The molecule has 0 aliphatic heterocycles. The van der Waals surface area contributed by atoms with Crippen molar-refractivity contribution in [2.45, 2.75) is 39.5 Å². The van der Waals surface area contributed by atoms with E-state index in [9.17, 15) is 0 Å². The molecule has 0 bridgehead atoms. The van der Waals surface area contributed by atoms with Crippen LogP contribution in [0.3, 0.4) is 0 Å². The zero-order valence-electron chi connectivity index (χ0n) is 85.0. The van der Waals surface area contributed by atoms with Gasteiger partial charge in [0.15, 0.2) is 0 Å². The lowest BCUT2D eigenvalue weighted by atomic mass is 9.93. The van der Waals surface area contributed by atoms with Gasteiger partial charge < -0.3 is 19.6 Å². The van der Waals surface area contributed by atoms with Gasteiger partial charge in [-0.15, -0.1) is 0 Å². The SMILES string of the molecule is C(=C\c1ccc(N(c2ccccc2)c2ccc(-c3ccccc3)c(-c3ccccc3)c2)cc1)/c1ccccc1.C(=C\c1ccc(N(c2ccccc2)c2ccc(-c3ccccc3)cc2-c2ccccc2)cc1)/c1ccccc1.CC(C)c1ccc(/C=C/c2ccc(N(c3ccccc3)c3ccc(-c4ccccc4)cc3)cc2)cc1.CCCc1ccc(/C=C/c2ccc(N(c3ccccc3)c3ccc(-c4ccccc4)cc3)cc2)cc1. The van der Waals surface area contributed by atoms with Gasteiger partial charge >= 0.3 is 0 Å². The lowest BCUT2D eigenvalue weighted by Gasteiger charge is -2.28. The Hall–Kier alpha value is -19.0. The summed E-state index contributed by atoms with van der Waals surface area (Å²) in [7, 11) is 0. The molecule has 0 saturated carbocycles. The summed E-state index contributed by atoms with van der Waals surface area (Å²) >= 11 is 0. The molecular formula is C146H120N4. The average molecular weight is 1930 g/mol. The first-order valence-electron chi connectivity index (χ1n) is 51.8. The topological polar surface area (TPSA) is 13.0 Å². The van der Waals surface area contributed by atoms with Crippen molar-refractivity contribution in [1.29, 1.82) is 0 Å². The predicted octanol–water partition coefficient (Wildman–Crippen LogP) is 41.4. The van der Waals surface area contributed by atoms with Crippen molar-refractivity contribution in [3.63, 3.8) is 0 Å². The van der Waals surface area contributed by atoms with Crippen molar-refractivity contribution in [2.75, 3.05) is 19.6 Å². The number of rotatable bonds is 29. The van der Waals surface area contributed by atoms with Gasteiger partial charge in [-0.1, -0.05) is 525 Å². The predicted molar refractivity (Wildman–Crippen MR) is 647 cm³/mol. The summed E-state index contributed by atoms with van der Waals surface area (Å²) in [5, 5.41) is 0. The molecule has 0 fully saturated rings. The third-order valence-electron chi connectivity index (χ3n) is 26.6. The maximum Gasteiger partial charge on any atom is 0.0540 e. The maximum atomic E-state index is 2.35. The van der Waals surface area contributed by atoms with E-state index in [1.54, 1.807) is 0 Å². The molecule has 4 heteroatoms. The van der Waals surface area contributed by atoms with Crippen LogP contribution in [0, 0.1) is 0 Å². The van der Waals surface area contributed by atoms with Crippen LogP contribution < -0.4 is 19.6 Å². The van der Waals surface area contributed by atoms with Gasteiger partial charge in [0, 0.05) is 68.1 Å². The van der Waals surface area contributed by atoms with Gasteiger partial charge in [-0.3, -0.25) is 0 Å². The minimum Gasteiger partial charge on any atom is -0.311 e. The van der Waals surface area contributed by atoms with Crippen LogP contribution in [0.4, 0.5) is 68.2 Å². The van der Waals surface area contributed by atoms with Gasteiger partial charge in [0.05, 0.1) is 5.69 Å². The summed E-state index contributed by atoms with van der Waals surface area (Å²) in [5.74, 6) is 0.553. The van der Waals surface area contributed by atoms with E-state index in [-0.39, 0.29) is 0 Å². The molecular weight excluding hydrogens is 1810 g/mol. The second-order valence-corrected chi connectivity index (χ2v) is 37.3. The largest absolute Gasteiger partial charge is 0.311 e. The Morgan fingerprint density at radius 3 is 0.687 bits per heavy atom. The Morgan fingerprint density at radius 1 is 0.160 bits per heavy atom. The number of anilines is 12. The highest BCUT2D eigenvalue weighted by Crippen LogP contribution is 2.46. The van der Waals surface area contributed by atoms with Gasteiger partial charge in [0.25, 0.3) is 0 Å². The van der Waals surface area contributed by atoms with E-state index in [2.05, 4.69) is 671 Å². The molecule has 0 radical (unpaired) electrons. The van der Waals surface area contributed by atoms with Gasteiger partial charge in [-0.05, 0) is 275 Å². The molecule has 22 aromatic rings. The minimum atomic E-state index is 0.553. The number of para-hydroxylation sites is 4. The summed E-state index contributed by atoms with van der Waals surface area (Å²) in [6, 6.07) is 210. The number of hydrogen-bond acceptors (Lipinski definition) is 4. The summed E-state index contributed by atoms with van der Waals surface area (Å²) in [6.07, 6.45) is 19.7. The normalized spacial score (nSPS) is 11.0. The van der Waals surface area contributed by atoms with E-state index in [1.807, 2.05) is 12.1 Å². The van der Waals surface area contributed by atoms with Crippen molar-refractivity contribution in [1.82, 2.24) is 0 Å². The first-order chi connectivity index (χ1) is 74.2. The smallest absolute Gasteiger partial charge is 0.0540 e. The monoisotopic (exact) mass is 1930 g/mol. The Labute approximate surface area is 886 Å². The van der Waals surface area contributed by atoms with Crippen LogP contribution in [0.1, 0.15) is 88.7 Å².